The monoisotopic (exact) mass is 397 g/mol. The fourth-order valence-electron chi connectivity index (χ4n) is 3.62. The Morgan fingerprint density at radius 2 is 1.67 bits per heavy atom. The highest BCUT2D eigenvalue weighted by atomic mass is 32.2. The van der Waals surface area contributed by atoms with Crippen molar-refractivity contribution in [1.82, 2.24) is 4.31 Å². The summed E-state index contributed by atoms with van der Waals surface area (Å²) in [6.07, 6.45) is 3.68. The van der Waals surface area contributed by atoms with Gasteiger partial charge in [-0.1, -0.05) is 6.08 Å². The number of sulfonamides is 1. The predicted octanol–water partition coefficient (Wildman–Crippen LogP) is 2.31. The minimum atomic E-state index is -3.31. The standard InChI is InChI=1S/C19H27NO6S/c1-23-15-12-17(24-2)19(18(13-15)25-3)14-4-8-20(9-5-14)27(21,22)16-6-10-26-11-7-16/h4,12-13,16H,5-11H2,1-3H3. The number of rotatable bonds is 6. The summed E-state index contributed by atoms with van der Waals surface area (Å²) in [4.78, 5) is 0. The number of methoxy groups -OCH3 is 3. The predicted molar refractivity (Wildman–Crippen MR) is 103 cm³/mol. The van der Waals surface area contributed by atoms with Crippen LogP contribution in [0.5, 0.6) is 17.2 Å². The first-order valence-corrected chi connectivity index (χ1v) is 10.6. The minimum Gasteiger partial charge on any atom is -0.496 e. The van der Waals surface area contributed by atoms with Crippen molar-refractivity contribution in [1.29, 1.82) is 0 Å². The van der Waals surface area contributed by atoms with Gasteiger partial charge in [-0.05, 0) is 24.8 Å². The molecule has 2 aliphatic heterocycles. The number of hydrogen-bond acceptors (Lipinski definition) is 6. The molecule has 0 atom stereocenters. The van der Waals surface area contributed by atoms with Gasteiger partial charge in [-0.25, -0.2) is 8.42 Å². The summed E-state index contributed by atoms with van der Waals surface area (Å²) < 4.78 is 49.0. The lowest BCUT2D eigenvalue weighted by Gasteiger charge is -2.32. The van der Waals surface area contributed by atoms with Gasteiger partial charge in [-0.2, -0.15) is 4.31 Å². The van der Waals surface area contributed by atoms with Crippen LogP contribution in [0.2, 0.25) is 0 Å². The second-order valence-corrected chi connectivity index (χ2v) is 8.81. The lowest BCUT2D eigenvalue weighted by Crippen LogP contribution is -2.43. The molecular formula is C19H27NO6S. The zero-order valence-corrected chi connectivity index (χ0v) is 16.9. The third-order valence-corrected chi connectivity index (χ3v) is 7.52. The van der Waals surface area contributed by atoms with E-state index in [-0.39, 0.29) is 5.25 Å². The van der Waals surface area contributed by atoms with Gasteiger partial charge in [0.25, 0.3) is 0 Å². The maximum Gasteiger partial charge on any atom is 0.217 e. The molecule has 3 rings (SSSR count). The molecule has 0 unspecified atom stereocenters. The van der Waals surface area contributed by atoms with E-state index < -0.39 is 10.0 Å². The Kier molecular flexibility index (Phi) is 6.29. The Morgan fingerprint density at radius 3 is 2.15 bits per heavy atom. The topological polar surface area (TPSA) is 74.3 Å². The summed E-state index contributed by atoms with van der Waals surface area (Å²) in [6.45, 7) is 1.83. The maximum absolute atomic E-state index is 12.9. The highest BCUT2D eigenvalue weighted by molar-refractivity contribution is 7.89. The van der Waals surface area contributed by atoms with Gasteiger partial charge >= 0.3 is 0 Å². The van der Waals surface area contributed by atoms with Crippen molar-refractivity contribution in [2.45, 2.75) is 24.5 Å². The molecule has 1 aromatic carbocycles. The van der Waals surface area contributed by atoms with Crippen molar-refractivity contribution in [3.63, 3.8) is 0 Å². The Balaban J connectivity index is 1.85. The molecule has 0 saturated carbocycles. The molecule has 1 saturated heterocycles. The molecule has 0 bridgehead atoms. The molecule has 0 spiro atoms. The zero-order valence-electron chi connectivity index (χ0n) is 16.1. The molecular weight excluding hydrogens is 370 g/mol. The fourth-order valence-corrected chi connectivity index (χ4v) is 5.45. The van der Waals surface area contributed by atoms with Gasteiger partial charge < -0.3 is 18.9 Å². The zero-order chi connectivity index (χ0) is 19.4. The lowest BCUT2D eigenvalue weighted by molar-refractivity contribution is 0.0973. The van der Waals surface area contributed by atoms with E-state index in [0.29, 0.717) is 62.8 Å². The van der Waals surface area contributed by atoms with Crippen molar-refractivity contribution in [2.75, 3.05) is 47.6 Å². The smallest absolute Gasteiger partial charge is 0.217 e. The van der Waals surface area contributed by atoms with E-state index in [2.05, 4.69) is 0 Å². The quantitative estimate of drug-likeness (QED) is 0.733. The number of nitrogens with zero attached hydrogens (tertiary/aromatic N) is 1. The van der Waals surface area contributed by atoms with Crippen molar-refractivity contribution >= 4 is 15.6 Å². The van der Waals surface area contributed by atoms with E-state index in [4.69, 9.17) is 18.9 Å². The molecule has 0 amide bonds. The Hall–Kier alpha value is -1.77. The molecule has 150 valence electrons. The van der Waals surface area contributed by atoms with Crippen LogP contribution in [0, 0.1) is 0 Å². The van der Waals surface area contributed by atoms with Crippen molar-refractivity contribution in [3.8, 4) is 17.2 Å². The van der Waals surface area contributed by atoms with E-state index in [1.807, 2.05) is 18.2 Å². The molecule has 27 heavy (non-hydrogen) atoms. The molecule has 2 heterocycles. The van der Waals surface area contributed by atoms with Crippen LogP contribution in [0.1, 0.15) is 24.8 Å². The summed E-state index contributed by atoms with van der Waals surface area (Å²) >= 11 is 0. The van der Waals surface area contributed by atoms with E-state index in [1.54, 1.807) is 25.6 Å². The Morgan fingerprint density at radius 1 is 1.04 bits per heavy atom. The van der Waals surface area contributed by atoms with E-state index in [0.717, 1.165) is 11.1 Å². The lowest BCUT2D eigenvalue weighted by atomic mass is 9.98. The van der Waals surface area contributed by atoms with Gasteiger partial charge in [-0.3, -0.25) is 0 Å². The van der Waals surface area contributed by atoms with E-state index in [1.165, 1.54) is 0 Å². The van der Waals surface area contributed by atoms with Crippen LogP contribution in [0.4, 0.5) is 0 Å². The first-order chi connectivity index (χ1) is 13.0. The van der Waals surface area contributed by atoms with Crippen LogP contribution >= 0.6 is 0 Å². The van der Waals surface area contributed by atoms with Gasteiger partial charge in [0, 0.05) is 38.4 Å². The normalized spacial score (nSPS) is 19.4. The second kappa shape index (κ2) is 8.50. The van der Waals surface area contributed by atoms with E-state index >= 15 is 0 Å². The Bertz CT molecular complexity index is 773. The average molecular weight is 397 g/mol. The third-order valence-electron chi connectivity index (χ3n) is 5.16. The second-order valence-electron chi connectivity index (χ2n) is 6.60. The largest absolute Gasteiger partial charge is 0.496 e. The summed E-state index contributed by atoms with van der Waals surface area (Å²) in [6, 6.07) is 3.62. The highest BCUT2D eigenvalue weighted by Crippen LogP contribution is 2.41. The molecule has 1 fully saturated rings. The van der Waals surface area contributed by atoms with Crippen LogP contribution in [0.3, 0.4) is 0 Å². The molecule has 0 aliphatic carbocycles. The van der Waals surface area contributed by atoms with Crippen LogP contribution < -0.4 is 14.2 Å². The molecule has 2 aliphatic rings. The van der Waals surface area contributed by atoms with Gasteiger partial charge in [0.15, 0.2) is 0 Å². The Labute approximate surface area is 160 Å². The van der Waals surface area contributed by atoms with Gasteiger partial charge in [0.05, 0.1) is 32.1 Å². The minimum absolute atomic E-state index is 0.341. The van der Waals surface area contributed by atoms with Gasteiger partial charge in [0.1, 0.15) is 17.2 Å². The SMILES string of the molecule is COc1cc(OC)c(C2=CCN(S(=O)(=O)C3CCOCC3)CC2)c(OC)c1. The van der Waals surface area contributed by atoms with Crippen LogP contribution in [0.25, 0.3) is 5.57 Å². The summed E-state index contributed by atoms with van der Waals surface area (Å²) in [7, 11) is 1.48. The number of benzene rings is 1. The van der Waals surface area contributed by atoms with Crippen LogP contribution in [-0.4, -0.2) is 65.6 Å². The summed E-state index contributed by atoms with van der Waals surface area (Å²) in [5.41, 5.74) is 1.87. The molecule has 0 N–H and O–H groups in total. The first-order valence-electron chi connectivity index (χ1n) is 9.07. The van der Waals surface area contributed by atoms with Crippen LogP contribution in [-0.2, 0) is 14.8 Å². The molecule has 7 nitrogen and oxygen atoms in total. The van der Waals surface area contributed by atoms with Gasteiger partial charge in [0.2, 0.25) is 10.0 Å². The molecule has 0 aromatic heterocycles. The number of hydrogen-bond donors (Lipinski definition) is 0. The highest BCUT2D eigenvalue weighted by Gasteiger charge is 2.34. The summed E-state index contributed by atoms with van der Waals surface area (Å²) in [5.74, 6) is 1.95. The summed E-state index contributed by atoms with van der Waals surface area (Å²) in [5, 5.41) is -0.341. The van der Waals surface area contributed by atoms with Crippen molar-refractivity contribution in [3.05, 3.63) is 23.8 Å². The average Bonchev–Trinajstić information content (AvgIpc) is 2.73. The fraction of sp³-hybridized carbons (Fsp3) is 0.579. The van der Waals surface area contributed by atoms with E-state index in [9.17, 15) is 8.42 Å². The molecule has 8 heteroatoms. The van der Waals surface area contributed by atoms with Crippen molar-refractivity contribution in [2.24, 2.45) is 0 Å². The van der Waals surface area contributed by atoms with Crippen LogP contribution in [0.15, 0.2) is 18.2 Å². The number of ether oxygens (including phenoxy) is 4. The van der Waals surface area contributed by atoms with Crippen molar-refractivity contribution < 1.29 is 27.4 Å². The molecule has 0 radical (unpaired) electrons. The van der Waals surface area contributed by atoms with Gasteiger partial charge in [-0.15, -0.1) is 0 Å². The third kappa shape index (κ3) is 4.07. The molecule has 1 aromatic rings. The first kappa shape index (κ1) is 20.0. The maximum atomic E-state index is 12.9.